The van der Waals surface area contributed by atoms with Crippen molar-refractivity contribution >= 4 is 18.4 Å². The Bertz CT molecular complexity index is 876. The quantitative estimate of drug-likeness (QED) is 0.791. The van der Waals surface area contributed by atoms with E-state index in [1.807, 2.05) is 6.79 Å². The first-order valence-corrected chi connectivity index (χ1v) is 6.91. The normalized spacial score (nSPS) is 9.68. The number of pyridine rings is 1. The zero-order valence-electron chi connectivity index (χ0n) is 12.8. The summed E-state index contributed by atoms with van der Waals surface area (Å²) >= 11 is 0. The van der Waals surface area contributed by atoms with Gasteiger partial charge in [0.1, 0.15) is 18.8 Å². The fourth-order valence-electron chi connectivity index (χ4n) is 1.93. The topological polar surface area (TPSA) is 84.8 Å². The first-order chi connectivity index (χ1) is 12.1. The number of halogens is 2. The van der Waals surface area contributed by atoms with Gasteiger partial charge in [-0.25, -0.2) is 18.7 Å². The lowest BCUT2D eigenvalue weighted by Crippen LogP contribution is -2.14. The molecular formula is C17H12F2N4O2. The van der Waals surface area contributed by atoms with Gasteiger partial charge in [-0.2, -0.15) is 0 Å². The van der Waals surface area contributed by atoms with E-state index in [1.54, 1.807) is 18.3 Å². The number of benzene rings is 1. The fraction of sp³-hybridized carbons (Fsp3) is 0. The van der Waals surface area contributed by atoms with Crippen molar-refractivity contribution in [3.05, 3.63) is 72.4 Å². The average Bonchev–Trinajstić information content (AvgIpc) is 2.66. The number of carbonyl (C=O) groups excluding carboxylic acids is 2. The van der Waals surface area contributed by atoms with Crippen molar-refractivity contribution in [2.75, 3.05) is 5.32 Å². The Morgan fingerprint density at radius 2 is 1.84 bits per heavy atom. The zero-order chi connectivity index (χ0) is 18.2. The first-order valence-electron chi connectivity index (χ1n) is 6.91. The number of carbonyl (C=O) groups is 2. The monoisotopic (exact) mass is 342 g/mol. The third-order valence-electron chi connectivity index (χ3n) is 3.03. The minimum atomic E-state index is -0.984. The predicted molar refractivity (Wildman–Crippen MR) is 86.7 cm³/mol. The standard InChI is InChI=1S/C16H10F2N4O.CH2O/c17-12-4-3-10(6-13(12)18)14-7-15(21-9-20-14)16(23)22-11-2-1-5-19-8-11;1-2/h1-9H,(H,22,23);1H2. The van der Waals surface area contributed by atoms with Crippen molar-refractivity contribution in [1.82, 2.24) is 15.0 Å². The maximum absolute atomic E-state index is 13.3. The number of hydrogen-bond acceptors (Lipinski definition) is 5. The van der Waals surface area contributed by atoms with Crippen LogP contribution in [-0.4, -0.2) is 27.6 Å². The molecule has 8 heteroatoms. The molecule has 0 radical (unpaired) electrons. The van der Waals surface area contributed by atoms with Crippen LogP contribution in [0.4, 0.5) is 14.5 Å². The number of hydrogen-bond donors (Lipinski definition) is 1. The van der Waals surface area contributed by atoms with Gasteiger partial charge in [-0.1, -0.05) is 0 Å². The number of anilines is 1. The summed E-state index contributed by atoms with van der Waals surface area (Å²) in [7, 11) is 0. The Morgan fingerprint density at radius 3 is 2.52 bits per heavy atom. The smallest absolute Gasteiger partial charge is 0.274 e. The van der Waals surface area contributed by atoms with Crippen molar-refractivity contribution < 1.29 is 18.4 Å². The van der Waals surface area contributed by atoms with Crippen molar-refractivity contribution in [3.63, 3.8) is 0 Å². The molecule has 3 rings (SSSR count). The molecule has 0 saturated heterocycles. The second kappa shape index (κ2) is 8.34. The van der Waals surface area contributed by atoms with Gasteiger partial charge >= 0.3 is 0 Å². The summed E-state index contributed by atoms with van der Waals surface area (Å²) in [4.78, 5) is 31.9. The van der Waals surface area contributed by atoms with E-state index < -0.39 is 17.5 Å². The van der Waals surface area contributed by atoms with Crippen molar-refractivity contribution in [1.29, 1.82) is 0 Å². The molecule has 0 fully saturated rings. The number of aromatic nitrogens is 3. The predicted octanol–water partition coefficient (Wildman–Crippen LogP) is 2.88. The van der Waals surface area contributed by atoms with Crippen LogP contribution in [0, 0.1) is 11.6 Å². The zero-order valence-corrected chi connectivity index (χ0v) is 12.8. The summed E-state index contributed by atoms with van der Waals surface area (Å²) in [6, 6.07) is 8.16. The molecule has 0 aliphatic heterocycles. The van der Waals surface area contributed by atoms with Gasteiger partial charge in [-0.15, -0.1) is 0 Å². The van der Waals surface area contributed by atoms with Gasteiger partial charge in [0.15, 0.2) is 11.6 Å². The van der Waals surface area contributed by atoms with Gasteiger partial charge in [-0.05, 0) is 36.4 Å². The molecule has 1 N–H and O–H groups in total. The van der Waals surface area contributed by atoms with Crippen LogP contribution in [0.25, 0.3) is 11.3 Å². The molecule has 0 saturated carbocycles. The summed E-state index contributed by atoms with van der Waals surface area (Å²) in [5.41, 5.74) is 1.28. The minimum absolute atomic E-state index is 0.101. The summed E-state index contributed by atoms with van der Waals surface area (Å²) in [5, 5.41) is 2.63. The van der Waals surface area contributed by atoms with Crippen LogP contribution in [-0.2, 0) is 4.79 Å². The largest absolute Gasteiger partial charge is 0.319 e. The number of rotatable bonds is 3. The third-order valence-corrected chi connectivity index (χ3v) is 3.03. The molecule has 126 valence electrons. The van der Waals surface area contributed by atoms with Crippen LogP contribution in [0.15, 0.2) is 55.1 Å². The Balaban J connectivity index is 0.00000109. The van der Waals surface area contributed by atoms with Crippen LogP contribution >= 0.6 is 0 Å². The molecule has 3 aromatic rings. The highest BCUT2D eigenvalue weighted by atomic mass is 19.2. The van der Waals surface area contributed by atoms with Crippen molar-refractivity contribution in [3.8, 4) is 11.3 Å². The van der Waals surface area contributed by atoms with E-state index in [2.05, 4.69) is 20.3 Å². The molecule has 0 bridgehead atoms. The SMILES string of the molecule is C=O.O=C(Nc1cccnc1)c1cc(-c2ccc(F)c(F)c2)ncn1. The van der Waals surface area contributed by atoms with Crippen LogP contribution in [0.2, 0.25) is 0 Å². The van der Waals surface area contributed by atoms with Gasteiger partial charge < -0.3 is 10.1 Å². The second-order valence-electron chi connectivity index (χ2n) is 4.61. The molecule has 0 aliphatic rings. The van der Waals surface area contributed by atoms with E-state index in [-0.39, 0.29) is 5.69 Å². The van der Waals surface area contributed by atoms with Crippen LogP contribution in [0.1, 0.15) is 10.5 Å². The van der Waals surface area contributed by atoms with E-state index in [9.17, 15) is 13.6 Å². The Labute approximate surface area is 141 Å². The van der Waals surface area contributed by atoms with Gasteiger partial charge in [0.05, 0.1) is 17.6 Å². The average molecular weight is 342 g/mol. The van der Waals surface area contributed by atoms with Crippen LogP contribution < -0.4 is 5.32 Å². The Kier molecular flexibility index (Phi) is 5.94. The highest BCUT2D eigenvalue weighted by molar-refractivity contribution is 6.03. The molecule has 6 nitrogen and oxygen atoms in total. The Hall–Kier alpha value is -3.55. The molecule has 0 atom stereocenters. The van der Waals surface area contributed by atoms with Crippen LogP contribution in [0.5, 0.6) is 0 Å². The van der Waals surface area contributed by atoms with Gasteiger partial charge in [-0.3, -0.25) is 9.78 Å². The molecule has 25 heavy (non-hydrogen) atoms. The van der Waals surface area contributed by atoms with E-state index in [0.29, 0.717) is 16.9 Å². The number of amides is 1. The number of nitrogens with zero attached hydrogens (tertiary/aromatic N) is 3. The lowest BCUT2D eigenvalue weighted by molar-refractivity contribution is -0.0980. The lowest BCUT2D eigenvalue weighted by Gasteiger charge is -2.06. The molecule has 2 heterocycles. The molecule has 1 amide bonds. The van der Waals surface area contributed by atoms with E-state index in [1.165, 1.54) is 24.7 Å². The molecule has 0 unspecified atom stereocenters. The maximum atomic E-state index is 13.3. The highest BCUT2D eigenvalue weighted by Crippen LogP contribution is 2.20. The Morgan fingerprint density at radius 1 is 1.04 bits per heavy atom. The lowest BCUT2D eigenvalue weighted by atomic mass is 10.1. The van der Waals surface area contributed by atoms with E-state index in [0.717, 1.165) is 12.1 Å². The van der Waals surface area contributed by atoms with Crippen molar-refractivity contribution in [2.45, 2.75) is 0 Å². The fourth-order valence-corrected chi connectivity index (χ4v) is 1.93. The second-order valence-corrected chi connectivity index (χ2v) is 4.61. The van der Waals surface area contributed by atoms with E-state index in [4.69, 9.17) is 4.79 Å². The highest BCUT2D eigenvalue weighted by Gasteiger charge is 2.11. The summed E-state index contributed by atoms with van der Waals surface area (Å²) < 4.78 is 26.3. The summed E-state index contributed by atoms with van der Waals surface area (Å²) in [6.45, 7) is 2.00. The van der Waals surface area contributed by atoms with Gasteiger partial charge in [0.2, 0.25) is 0 Å². The minimum Gasteiger partial charge on any atom is -0.319 e. The molecule has 1 aromatic carbocycles. The van der Waals surface area contributed by atoms with E-state index >= 15 is 0 Å². The molecular weight excluding hydrogens is 330 g/mol. The molecule has 0 aliphatic carbocycles. The maximum Gasteiger partial charge on any atom is 0.274 e. The van der Waals surface area contributed by atoms with Gasteiger partial charge in [0.25, 0.3) is 5.91 Å². The number of nitrogens with one attached hydrogen (secondary N) is 1. The van der Waals surface area contributed by atoms with Crippen molar-refractivity contribution in [2.24, 2.45) is 0 Å². The molecule has 0 spiro atoms. The molecule has 2 aromatic heterocycles. The first kappa shape index (κ1) is 17.8. The summed E-state index contributed by atoms with van der Waals surface area (Å²) in [5.74, 6) is -2.39. The van der Waals surface area contributed by atoms with Crippen LogP contribution in [0.3, 0.4) is 0 Å². The third kappa shape index (κ3) is 4.47. The van der Waals surface area contributed by atoms with Gasteiger partial charge in [0, 0.05) is 11.8 Å². The summed E-state index contributed by atoms with van der Waals surface area (Å²) in [6.07, 6.45) is 4.27.